The third-order valence-electron chi connectivity index (χ3n) is 13.4. The third-order valence-corrected chi connectivity index (χ3v) is 13.4. The Morgan fingerprint density at radius 3 is 1.29 bits per heavy atom. The largest absolute Gasteiger partial charge is 0.455 e. The number of fused-ring (bicyclic) bond motifs is 9. The number of benzene rings is 7. The molecule has 63 heavy (non-hydrogen) atoms. The first-order valence-electron chi connectivity index (χ1n) is 22.4. The average Bonchev–Trinajstić information content (AvgIpc) is 3.88. The lowest BCUT2D eigenvalue weighted by atomic mass is 9.85. The molecular weight excluding hydrogens is 767 g/mol. The van der Waals surface area contributed by atoms with Crippen LogP contribution in [-0.4, -0.2) is 9.13 Å². The van der Waals surface area contributed by atoms with E-state index >= 15 is 0 Å². The minimum atomic E-state index is -0.0516. The lowest BCUT2D eigenvalue weighted by Gasteiger charge is -2.20. The Hall–Kier alpha value is -6.57. The van der Waals surface area contributed by atoms with Gasteiger partial charge in [-0.1, -0.05) is 156 Å². The second-order valence-electron chi connectivity index (χ2n) is 21.8. The Bertz CT molecular complexity index is 3390. The highest BCUT2D eigenvalue weighted by atomic mass is 16.3. The topological polar surface area (TPSA) is 27.4 Å². The molecule has 0 aliphatic carbocycles. The first-order chi connectivity index (χ1) is 29.7. The van der Waals surface area contributed by atoms with E-state index in [1.54, 1.807) is 0 Å². The van der Waals surface area contributed by atoms with Gasteiger partial charge in [0, 0.05) is 37.9 Å². The van der Waals surface area contributed by atoms with Crippen molar-refractivity contribution in [2.45, 2.75) is 105 Å². The fourth-order valence-electron chi connectivity index (χ4n) is 9.67. The maximum Gasteiger partial charge on any atom is 0.234 e. The van der Waals surface area contributed by atoms with Crippen molar-refractivity contribution in [3.8, 4) is 22.5 Å². The summed E-state index contributed by atoms with van der Waals surface area (Å²) in [6.45, 7) is 36.6. The lowest BCUT2D eigenvalue weighted by molar-refractivity contribution is 0.590. The van der Waals surface area contributed by atoms with Crippen LogP contribution < -0.4 is 0 Å². The molecule has 0 bridgehead atoms. The predicted molar refractivity (Wildman–Crippen MR) is 269 cm³/mol. The lowest BCUT2D eigenvalue weighted by Crippen LogP contribution is -2.10. The molecule has 0 unspecified atom stereocenters. The van der Waals surface area contributed by atoms with Crippen LogP contribution in [0.15, 0.2) is 132 Å². The van der Waals surface area contributed by atoms with Gasteiger partial charge in [-0.3, -0.25) is 0 Å². The second-order valence-corrected chi connectivity index (χ2v) is 21.8. The molecule has 0 fully saturated rings. The molecule has 10 rings (SSSR count). The summed E-state index contributed by atoms with van der Waals surface area (Å²) in [6, 6.07) is 46.7. The zero-order valence-electron chi connectivity index (χ0n) is 38.9. The first-order valence-corrected chi connectivity index (χ1v) is 22.4. The van der Waals surface area contributed by atoms with Crippen LogP contribution in [0.25, 0.3) is 92.9 Å². The number of furan rings is 1. The summed E-state index contributed by atoms with van der Waals surface area (Å²) in [5.41, 5.74) is 15.0. The van der Waals surface area contributed by atoms with Crippen LogP contribution in [0.2, 0.25) is 0 Å². The van der Waals surface area contributed by atoms with Crippen LogP contribution >= 0.6 is 0 Å². The minimum absolute atomic E-state index is 0.0427. The molecule has 7 aromatic carbocycles. The smallest absolute Gasteiger partial charge is 0.234 e. The summed E-state index contributed by atoms with van der Waals surface area (Å²) in [4.78, 5) is 4.62. The van der Waals surface area contributed by atoms with Gasteiger partial charge in [0.2, 0.25) is 5.69 Å². The van der Waals surface area contributed by atoms with Gasteiger partial charge in [0.05, 0.1) is 40.0 Å². The van der Waals surface area contributed by atoms with Gasteiger partial charge in [0.25, 0.3) is 0 Å². The zero-order valence-corrected chi connectivity index (χ0v) is 38.9. The summed E-state index contributed by atoms with van der Waals surface area (Å²) < 4.78 is 11.9. The van der Waals surface area contributed by atoms with E-state index in [9.17, 15) is 6.57 Å². The second kappa shape index (κ2) is 13.7. The van der Waals surface area contributed by atoms with Crippen LogP contribution in [0.1, 0.15) is 105 Å². The molecular formula is C59H57N3O. The first kappa shape index (κ1) is 40.5. The molecule has 10 aromatic rings. The van der Waals surface area contributed by atoms with Gasteiger partial charge in [-0.05, 0) is 104 Å². The Kier molecular flexibility index (Phi) is 8.82. The molecule has 314 valence electrons. The van der Waals surface area contributed by atoms with Crippen LogP contribution in [0, 0.1) is 6.57 Å². The standard InChI is InChI=1S/C59H57N3O/c1-56(2,3)36-22-26-46-42(30-36)43-31-37(57(4,5)6)23-27-47(43)61(46)50-34-51-52(41-21-17-20-40(55(41)63-51)35-18-15-14-16-19-35)54(53(50)60-13)62-48-28-24-38(58(7,8)9)32-44(48)45-33-39(59(10,11)12)25-29-49(45)62/h14-34H,1-12H3. The van der Waals surface area contributed by atoms with Crippen LogP contribution in [0.4, 0.5) is 5.69 Å². The number of rotatable bonds is 3. The molecule has 0 saturated carbocycles. The molecule has 0 saturated heterocycles. The van der Waals surface area contributed by atoms with E-state index in [0.717, 1.165) is 66.5 Å². The summed E-state index contributed by atoms with van der Waals surface area (Å²) in [5, 5.41) is 6.63. The van der Waals surface area contributed by atoms with Crippen LogP contribution in [0.5, 0.6) is 0 Å². The van der Waals surface area contributed by atoms with Gasteiger partial charge >= 0.3 is 0 Å². The number of nitrogens with zero attached hydrogens (tertiary/aromatic N) is 3. The highest BCUT2D eigenvalue weighted by Crippen LogP contribution is 2.50. The third kappa shape index (κ3) is 6.38. The van der Waals surface area contributed by atoms with Gasteiger partial charge < -0.3 is 13.6 Å². The molecule has 0 aliphatic rings. The van der Waals surface area contributed by atoms with Crippen molar-refractivity contribution in [2.24, 2.45) is 0 Å². The van der Waals surface area contributed by atoms with E-state index in [-0.39, 0.29) is 21.7 Å². The summed E-state index contributed by atoms with van der Waals surface area (Å²) in [5.74, 6) is 0. The SMILES string of the molecule is [C-]#[N+]c1c(-n2c3ccc(C(C)(C)C)cc3c3cc(C(C)(C)C)ccc32)cc2oc3c(-c4ccccc4)cccc3c2c1-n1c2ccc(C(C)(C)C)cc2c2cc(C(C)(C)C)ccc21. The molecule has 4 nitrogen and oxygen atoms in total. The maximum absolute atomic E-state index is 9.31. The average molecular weight is 824 g/mol. The Morgan fingerprint density at radius 2 is 0.873 bits per heavy atom. The monoisotopic (exact) mass is 823 g/mol. The van der Waals surface area contributed by atoms with Gasteiger partial charge in [0.1, 0.15) is 11.2 Å². The Morgan fingerprint density at radius 1 is 0.444 bits per heavy atom. The molecule has 0 N–H and O–H groups in total. The van der Waals surface area contributed by atoms with E-state index in [1.165, 1.54) is 43.8 Å². The summed E-state index contributed by atoms with van der Waals surface area (Å²) in [6.07, 6.45) is 0. The van der Waals surface area contributed by atoms with Gasteiger partial charge in [-0.25, -0.2) is 4.85 Å². The molecule has 3 heterocycles. The van der Waals surface area contributed by atoms with E-state index in [1.807, 2.05) is 6.07 Å². The Balaban J connectivity index is 1.42. The number of hydrogen-bond acceptors (Lipinski definition) is 1. The zero-order chi connectivity index (χ0) is 44.5. The van der Waals surface area contributed by atoms with Crippen LogP contribution in [0.3, 0.4) is 0 Å². The maximum atomic E-state index is 9.31. The quantitative estimate of drug-likeness (QED) is 0.163. The van der Waals surface area contributed by atoms with Gasteiger partial charge in [-0.2, -0.15) is 0 Å². The molecule has 0 atom stereocenters. The molecule has 0 amide bonds. The molecule has 3 aromatic heterocycles. The van der Waals surface area contributed by atoms with Crippen molar-refractivity contribution in [1.82, 2.24) is 9.13 Å². The van der Waals surface area contributed by atoms with Crippen LogP contribution in [-0.2, 0) is 21.7 Å². The number of hydrogen-bond donors (Lipinski definition) is 0. The molecule has 0 aliphatic heterocycles. The van der Waals surface area contributed by atoms with E-state index in [0.29, 0.717) is 5.69 Å². The van der Waals surface area contributed by atoms with Crippen molar-refractivity contribution in [2.75, 3.05) is 0 Å². The van der Waals surface area contributed by atoms with E-state index in [2.05, 4.69) is 218 Å². The highest BCUT2D eigenvalue weighted by Gasteiger charge is 2.29. The normalized spacial score (nSPS) is 13.1. The fraction of sp³-hybridized carbons (Fsp3) is 0.271. The van der Waals surface area contributed by atoms with Gasteiger partial charge in [-0.15, -0.1) is 0 Å². The van der Waals surface area contributed by atoms with Crippen molar-refractivity contribution >= 4 is 71.2 Å². The molecule has 0 radical (unpaired) electrons. The fourth-order valence-corrected chi connectivity index (χ4v) is 9.67. The van der Waals surface area contributed by atoms with E-state index < -0.39 is 0 Å². The van der Waals surface area contributed by atoms with Gasteiger partial charge in [0.15, 0.2) is 0 Å². The van der Waals surface area contributed by atoms with Crippen molar-refractivity contribution in [1.29, 1.82) is 0 Å². The predicted octanol–water partition coefficient (Wildman–Crippen LogP) is 17.2. The summed E-state index contributed by atoms with van der Waals surface area (Å²) in [7, 11) is 0. The van der Waals surface area contributed by atoms with Crippen molar-refractivity contribution in [3.63, 3.8) is 0 Å². The van der Waals surface area contributed by atoms with Crippen molar-refractivity contribution in [3.05, 3.63) is 161 Å². The number of para-hydroxylation sites is 1. The molecule has 4 heteroatoms. The summed E-state index contributed by atoms with van der Waals surface area (Å²) >= 11 is 0. The molecule has 0 spiro atoms. The Labute approximate surface area is 371 Å². The minimum Gasteiger partial charge on any atom is -0.455 e. The van der Waals surface area contributed by atoms with Crippen molar-refractivity contribution < 1.29 is 4.42 Å². The van der Waals surface area contributed by atoms with E-state index in [4.69, 9.17) is 4.42 Å². The highest BCUT2D eigenvalue weighted by molar-refractivity contribution is 6.20. The number of aromatic nitrogens is 2.